The molecule has 0 fully saturated rings. The molecular weight excluding hydrogens is 216 g/mol. The maximum absolute atomic E-state index is 11.6. The maximum atomic E-state index is 11.6. The molecule has 0 aliphatic carbocycles. The molecule has 0 aromatic heterocycles. The topological polar surface area (TPSA) is 93.2 Å². The van der Waals surface area contributed by atoms with Crippen LogP contribution in [0.15, 0.2) is 29.2 Å². The van der Waals surface area contributed by atoms with Crippen molar-refractivity contribution in [2.24, 2.45) is 5.90 Å². The number of nitrogens with zero attached hydrogens (tertiary/aromatic N) is 1. The Hall–Kier alpha value is -1.42. The van der Waals surface area contributed by atoms with E-state index in [0.29, 0.717) is 5.56 Å². The van der Waals surface area contributed by atoms with Gasteiger partial charge in [0.15, 0.2) is 9.84 Å². The fourth-order valence-corrected chi connectivity index (χ4v) is 2.11. The van der Waals surface area contributed by atoms with E-state index in [1.807, 2.05) is 6.07 Å². The Morgan fingerprint density at radius 3 is 2.40 bits per heavy atom. The predicted molar refractivity (Wildman–Crippen MR) is 53.3 cm³/mol. The van der Waals surface area contributed by atoms with Crippen molar-refractivity contribution in [1.82, 2.24) is 0 Å². The summed E-state index contributed by atoms with van der Waals surface area (Å²) in [6, 6.07) is 7.60. The van der Waals surface area contributed by atoms with E-state index in [0.717, 1.165) is 0 Å². The first-order chi connectivity index (χ1) is 7.10. The molecule has 0 aliphatic rings. The summed E-state index contributed by atoms with van der Waals surface area (Å²) in [5.41, 5.74) is 0.420. The summed E-state index contributed by atoms with van der Waals surface area (Å²) in [4.78, 5) is 4.38. The van der Waals surface area contributed by atoms with Gasteiger partial charge in [0.1, 0.15) is 0 Å². The molecule has 0 saturated heterocycles. The van der Waals surface area contributed by atoms with Gasteiger partial charge in [-0.05, 0) is 24.3 Å². The highest BCUT2D eigenvalue weighted by Crippen LogP contribution is 2.11. The minimum Gasteiger partial charge on any atom is -0.304 e. The summed E-state index contributed by atoms with van der Waals surface area (Å²) in [6.45, 7) is -0.0532. The Bertz CT molecular complexity index is 459. The van der Waals surface area contributed by atoms with Crippen LogP contribution in [0.3, 0.4) is 0 Å². The molecule has 5 nitrogen and oxygen atoms in total. The average molecular weight is 226 g/mol. The van der Waals surface area contributed by atoms with Crippen LogP contribution in [-0.4, -0.2) is 20.8 Å². The van der Waals surface area contributed by atoms with Crippen LogP contribution < -0.4 is 5.90 Å². The summed E-state index contributed by atoms with van der Waals surface area (Å²) in [7, 11) is -3.36. The zero-order valence-corrected chi connectivity index (χ0v) is 8.70. The van der Waals surface area contributed by atoms with E-state index in [2.05, 4.69) is 4.84 Å². The predicted octanol–water partition coefficient (Wildman–Crippen LogP) is 0.222. The standard InChI is InChI=1S/C9H10N2O3S/c10-7-8-1-3-9(4-2-8)15(12,13)6-5-14-11/h1-4H,5-6,11H2. The van der Waals surface area contributed by atoms with Gasteiger partial charge in [-0.2, -0.15) is 5.26 Å². The molecule has 1 rings (SSSR count). The maximum Gasteiger partial charge on any atom is 0.180 e. The van der Waals surface area contributed by atoms with Crippen LogP contribution >= 0.6 is 0 Å². The summed E-state index contributed by atoms with van der Waals surface area (Å²) in [5.74, 6) is 4.58. The smallest absolute Gasteiger partial charge is 0.180 e. The first kappa shape index (κ1) is 11.7. The SMILES string of the molecule is N#Cc1ccc(S(=O)(=O)CCON)cc1. The number of nitrogens with two attached hydrogens (primary N) is 1. The van der Waals surface area contributed by atoms with Gasteiger partial charge in [0.2, 0.25) is 0 Å². The quantitative estimate of drug-likeness (QED) is 0.741. The van der Waals surface area contributed by atoms with Crippen molar-refractivity contribution < 1.29 is 13.3 Å². The molecule has 0 amide bonds. The molecule has 0 radical (unpaired) electrons. The van der Waals surface area contributed by atoms with E-state index in [4.69, 9.17) is 11.2 Å². The summed E-state index contributed by atoms with van der Waals surface area (Å²) in [5, 5.41) is 8.54. The lowest BCUT2D eigenvalue weighted by atomic mass is 10.2. The third kappa shape index (κ3) is 3.02. The number of hydrogen-bond acceptors (Lipinski definition) is 5. The van der Waals surface area contributed by atoms with E-state index < -0.39 is 9.84 Å². The molecule has 0 saturated carbocycles. The van der Waals surface area contributed by atoms with E-state index in [1.165, 1.54) is 24.3 Å². The first-order valence-electron chi connectivity index (χ1n) is 4.15. The largest absolute Gasteiger partial charge is 0.304 e. The van der Waals surface area contributed by atoms with E-state index in [9.17, 15) is 8.42 Å². The molecule has 6 heteroatoms. The normalized spacial score (nSPS) is 10.9. The van der Waals surface area contributed by atoms with Crippen LogP contribution in [0.2, 0.25) is 0 Å². The zero-order valence-electron chi connectivity index (χ0n) is 7.88. The Balaban J connectivity index is 2.92. The van der Waals surface area contributed by atoms with Gasteiger partial charge in [0, 0.05) is 0 Å². The summed E-state index contributed by atoms with van der Waals surface area (Å²) < 4.78 is 23.1. The van der Waals surface area contributed by atoms with Crippen LogP contribution in [-0.2, 0) is 14.7 Å². The molecule has 1 aromatic carbocycles. The molecule has 0 unspecified atom stereocenters. The second-order valence-electron chi connectivity index (χ2n) is 2.83. The molecule has 0 bridgehead atoms. The summed E-state index contributed by atoms with van der Waals surface area (Å²) >= 11 is 0. The lowest BCUT2D eigenvalue weighted by Gasteiger charge is -2.02. The third-order valence-corrected chi connectivity index (χ3v) is 3.51. The van der Waals surface area contributed by atoms with Gasteiger partial charge in [-0.1, -0.05) is 0 Å². The van der Waals surface area contributed by atoms with Crippen molar-refractivity contribution in [1.29, 1.82) is 5.26 Å². The number of sulfone groups is 1. The molecule has 2 N–H and O–H groups in total. The second kappa shape index (κ2) is 4.89. The lowest BCUT2D eigenvalue weighted by molar-refractivity contribution is 0.153. The first-order valence-corrected chi connectivity index (χ1v) is 5.80. The van der Waals surface area contributed by atoms with E-state index in [1.54, 1.807) is 0 Å². The third-order valence-electron chi connectivity index (χ3n) is 1.81. The van der Waals surface area contributed by atoms with Crippen LogP contribution in [0.4, 0.5) is 0 Å². The zero-order chi connectivity index (χ0) is 11.3. The highest BCUT2D eigenvalue weighted by molar-refractivity contribution is 7.91. The van der Waals surface area contributed by atoms with Gasteiger partial charge in [0.25, 0.3) is 0 Å². The Morgan fingerprint density at radius 2 is 1.93 bits per heavy atom. The Labute approximate surface area is 88.0 Å². The molecule has 0 atom stereocenters. The lowest BCUT2D eigenvalue weighted by Crippen LogP contribution is -2.14. The van der Waals surface area contributed by atoms with Gasteiger partial charge >= 0.3 is 0 Å². The highest BCUT2D eigenvalue weighted by Gasteiger charge is 2.13. The van der Waals surface area contributed by atoms with Crippen molar-refractivity contribution in [2.45, 2.75) is 4.90 Å². The molecule has 80 valence electrons. The van der Waals surface area contributed by atoms with Crippen LogP contribution in [0.5, 0.6) is 0 Å². The van der Waals surface area contributed by atoms with Crippen molar-refractivity contribution >= 4 is 9.84 Å². The number of benzene rings is 1. The summed E-state index contributed by atoms with van der Waals surface area (Å²) in [6.07, 6.45) is 0. The molecule has 1 aromatic rings. The van der Waals surface area contributed by atoms with Gasteiger partial charge < -0.3 is 4.84 Å². The number of nitriles is 1. The monoisotopic (exact) mass is 226 g/mol. The fraction of sp³-hybridized carbons (Fsp3) is 0.222. The number of rotatable bonds is 4. The van der Waals surface area contributed by atoms with E-state index >= 15 is 0 Å². The molecule has 0 aliphatic heterocycles. The van der Waals surface area contributed by atoms with Gasteiger partial charge in [-0.25, -0.2) is 14.3 Å². The second-order valence-corrected chi connectivity index (χ2v) is 4.93. The van der Waals surface area contributed by atoms with Crippen molar-refractivity contribution in [3.8, 4) is 6.07 Å². The van der Waals surface area contributed by atoms with Gasteiger partial charge in [-0.15, -0.1) is 0 Å². The van der Waals surface area contributed by atoms with Crippen LogP contribution in [0.25, 0.3) is 0 Å². The Morgan fingerprint density at radius 1 is 1.33 bits per heavy atom. The number of hydrogen-bond donors (Lipinski definition) is 1. The van der Waals surface area contributed by atoms with Crippen LogP contribution in [0, 0.1) is 11.3 Å². The molecule has 0 spiro atoms. The molecule has 15 heavy (non-hydrogen) atoms. The fourth-order valence-electron chi connectivity index (χ4n) is 1.01. The Kier molecular flexibility index (Phi) is 3.80. The van der Waals surface area contributed by atoms with Crippen molar-refractivity contribution in [2.75, 3.05) is 12.4 Å². The van der Waals surface area contributed by atoms with E-state index in [-0.39, 0.29) is 17.3 Å². The average Bonchev–Trinajstić information content (AvgIpc) is 2.26. The van der Waals surface area contributed by atoms with Crippen LogP contribution in [0.1, 0.15) is 5.56 Å². The minimum atomic E-state index is -3.36. The van der Waals surface area contributed by atoms with Gasteiger partial charge in [-0.3, -0.25) is 0 Å². The van der Waals surface area contributed by atoms with Crippen molar-refractivity contribution in [3.63, 3.8) is 0 Å². The van der Waals surface area contributed by atoms with Gasteiger partial charge in [0.05, 0.1) is 28.9 Å². The molecular formula is C9H10N2O3S. The van der Waals surface area contributed by atoms with Crippen molar-refractivity contribution in [3.05, 3.63) is 29.8 Å². The minimum absolute atomic E-state index is 0.0532. The highest BCUT2D eigenvalue weighted by atomic mass is 32.2. The molecule has 0 heterocycles.